The van der Waals surface area contributed by atoms with E-state index in [1.165, 1.54) is 12.1 Å². The summed E-state index contributed by atoms with van der Waals surface area (Å²) < 4.78 is 19.1. The Hall–Kier alpha value is -1.86. The quantitative estimate of drug-likeness (QED) is 0.775. The third-order valence-corrected chi connectivity index (χ3v) is 4.05. The van der Waals surface area contributed by atoms with Crippen molar-refractivity contribution in [3.05, 3.63) is 34.6 Å². The van der Waals surface area contributed by atoms with Gasteiger partial charge in [-0.1, -0.05) is 17.7 Å². The number of carboxylic acids is 1. The number of hydrogen-bond acceptors (Lipinski definition) is 4. The van der Waals surface area contributed by atoms with Crippen LogP contribution in [0, 0.1) is 5.82 Å². The lowest BCUT2D eigenvalue weighted by molar-refractivity contribution is -0.139. The summed E-state index contributed by atoms with van der Waals surface area (Å²) in [5.74, 6) is -3.21. The maximum Gasteiger partial charge on any atom is 0.410 e. The third-order valence-electron chi connectivity index (χ3n) is 3.74. The predicted molar refractivity (Wildman–Crippen MR) is 95.9 cm³/mol. The zero-order chi connectivity index (χ0) is 20.3. The maximum absolute atomic E-state index is 13.8. The number of benzene rings is 1. The van der Waals surface area contributed by atoms with Gasteiger partial charge in [0.15, 0.2) is 0 Å². The molecule has 1 amide bonds. The first-order valence-corrected chi connectivity index (χ1v) is 8.45. The molecule has 26 heavy (non-hydrogen) atoms. The molecule has 0 aromatic heterocycles. The number of carboxylic acid groups (broad SMARTS) is 1. The molecular weight excluding hydrogens is 365 g/mol. The van der Waals surface area contributed by atoms with Gasteiger partial charge in [-0.2, -0.15) is 0 Å². The summed E-state index contributed by atoms with van der Waals surface area (Å²) in [6.07, 6.45) is -0.766. The van der Waals surface area contributed by atoms with E-state index in [0.29, 0.717) is 0 Å². The molecule has 6 nitrogen and oxygen atoms in total. The second-order valence-electron chi connectivity index (χ2n) is 7.63. The SMILES string of the molecule is CC(C)(C)OC(=O)N(CC(C(=O)O)c1ccc(Cl)c(F)c1)C(C)(C)CO. The number of rotatable bonds is 6. The van der Waals surface area contributed by atoms with Gasteiger partial charge in [0, 0.05) is 6.54 Å². The van der Waals surface area contributed by atoms with Crippen LogP contribution in [0.2, 0.25) is 5.02 Å². The first-order valence-electron chi connectivity index (χ1n) is 8.07. The van der Waals surface area contributed by atoms with E-state index < -0.39 is 41.5 Å². The molecule has 0 saturated carbocycles. The van der Waals surface area contributed by atoms with Crippen molar-refractivity contribution in [1.82, 2.24) is 4.90 Å². The van der Waals surface area contributed by atoms with Crippen LogP contribution in [-0.4, -0.2) is 51.5 Å². The molecule has 1 aromatic carbocycles. The average Bonchev–Trinajstić information content (AvgIpc) is 2.48. The topological polar surface area (TPSA) is 87.1 Å². The number of carbonyl (C=O) groups excluding carboxylic acids is 1. The molecule has 1 atom stereocenters. The number of carbonyl (C=O) groups is 2. The highest BCUT2D eigenvalue weighted by atomic mass is 35.5. The predicted octanol–water partition coefficient (Wildman–Crippen LogP) is 3.66. The zero-order valence-electron chi connectivity index (χ0n) is 15.5. The monoisotopic (exact) mass is 389 g/mol. The van der Waals surface area contributed by atoms with E-state index in [2.05, 4.69) is 0 Å². The first kappa shape index (κ1) is 22.2. The van der Waals surface area contributed by atoms with Crippen molar-refractivity contribution in [2.75, 3.05) is 13.2 Å². The summed E-state index contributed by atoms with van der Waals surface area (Å²) in [6.45, 7) is 7.48. The summed E-state index contributed by atoms with van der Waals surface area (Å²) in [6, 6.07) is 3.68. The third kappa shape index (κ3) is 5.85. The maximum atomic E-state index is 13.8. The van der Waals surface area contributed by atoms with Gasteiger partial charge in [-0.05, 0) is 52.3 Å². The van der Waals surface area contributed by atoms with Crippen LogP contribution in [0.3, 0.4) is 0 Å². The molecule has 0 heterocycles. The Labute approximate surface area is 157 Å². The highest BCUT2D eigenvalue weighted by Crippen LogP contribution is 2.27. The van der Waals surface area contributed by atoms with Crippen LogP contribution in [0.25, 0.3) is 0 Å². The van der Waals surface area contributed by atoms with Gasteiger partial charge in [-0.15, -0.1) is 0 Å². The number of aliphatic hydroxyl groups excluding tert-OH is 1. The molecule has 1 rings (SSSR count). The molecular formula is C18H25ClFNO5. The molecule has 0 aliphatic heterocycles. The molecule has 0 aliphatic rings. The number of halogens is 2. The van der Waals surface area contributed by atoms with Gasteiger partial charge in [-0.25, -0.2) is 9.18 Å². The molecule has 0 fully saturated rings. The van der Waals surface area contributed by atoms with E-state index in [9.17, 15) is 24.2 Å². The van der Waals surface area contributed by atoms with Crippen LogP contribution in [0.15, 0.2) is 18.2 Å². The number of aliphatic carboxylic acids is 1. The molecule has 146 valence electrons. The van der Waals surface area contributed by atoms with Crippen molar-refractivity contribution in [3.8, 4) is 0 Å². The fourth-order valence-corrected chi connectivity index (χ4v) is 2.33. The molecule has 0 spiro atoms. The normalized spacial score (nSPS) is 13.2. The van der Waals surface area contributed by atoms with E-state index in [4.69, 9.17) is 16.3 Å². The fourth-order valence-electron chi connectivity index (χ4n) is 2.21. The van der Waals surface area contributed by atoms with Crippen LogP contribution in [-0.2, 0) is 9.53 Å². The van der Waals surface area contributed by atoms with Crippen LogP contribution in [0.1, 0.15) is 46.1 Å². The van der Waals surface area contributed by atoms with Gasteiger partial charge < -0.3 is 14.9 Å². The van der Waals surface area contributed by atoms with E-state index in [0.717, 1.165) is 11.0 Å². The number of nitrogens with zero attached hydrogens (tertiary/aromatic N) is 1. The van der Waals surface area contributed by atoms with Gasteiger partial charge in [0.1, 0.15) is 11.4 Å². The molecule has 0 bridgehead atoms. The number of ether oxygens (including phenoxy) is 1. The van der Waals surface area contributed by atoms with Crippen LogP contribution in [0.4, 0.5) is 9.18 Å². The van der Waals surface area contributed by atoms with Crippen LogP contribution in [0.5, 0.6) is 0 Å². The molecule has 1 unspecified atom stereocenters. The number of hydrogen-bond donors (Lipinski definition) is 2. The van der Waals surface area contributed by atoms with Gasteiger partial charge >= 0.3 is 12.1 Å². The molecule has 0 saturated heterocycles. The van der Waals surface area contributed by atoms with Crippen molar-refractivity contribution in [1.29, 1.82) is 0 Å². The highest BCUT2D eigenvalue weighted by Gasteiger charge is 2.37. The van der Waals surface area contributed by atoms with Gasteiger partial charge in [0.2, 0.25) is 0 Å². The molecule has 2 N–H and O–H groups in total. The summed E-state index contributed by atoms with van der Waals surface area (Å²) in [7, 11) is 0. The fraction of sp³-hybridized carbons (Fsp3) is 0.556. The Kier molecular flexibility index (Phi) is 7.02. The van der Waals surface area contributed by atoms with E-state index >= 15 is 0 Å². The Morgan fingerprint density at radius 1 is 1.27 bits per heavy atom. The van der Waals surface area contributed by atoms with Crippen LogP contribution >= 0.6 is 11.6 Å². The second kappa shape index (κ2) is 8.22. The highest BCUT2D eigenvalue weighted by molar-refractivity contribution is 6.30. The Morgan fingerprint density at radius 2 is 1.85 bits per heavy atom. The van der Waals surface area contributed by atoms with Crippen molar-refractivity contribution in [3.63, 3.8) is 0 Å². The minimum atomic E-state index is -1.24. The summed E-state index contributed by atoms with van der Waals surface area (Å²) in [5, 5.41) is 19.1. The molecule has 1 aromatic rings. The number of aliphatic hydroxyl groups is 1. The zero-order valence-corrected chi connectivity index (χ0v) is 16.3. The summed E-state index contributed by atoms with van der Waals surface area (Å²) in [4.78, 5) is 25.5. The van der Waals surface area contributed by atoms with E-state index in [1.807, 2.05) is 0 Å². The minimum Gasteiger partial charge on any atom is -0.481 e. The van der Waals surface area contributed by atoms with Crippen LogP contribution < -0.4 is 0 Å². The lowest BCUT2D eigenvalue weighted by atomic mass is 9.95. The first-order chi connectivity index (χ1) is 11.8. The van der Waals surface area contributed by atoms with Crippen molar-refractivity contribution < 1.29 is 28.9 Å². The Morgan fingerprint density at radius 3 is 2.27 bits per heavy atom. The standard InChI is InChI=1S/C18H25ClFNO5/c1-17(2,3)26-16(25)21(18(4,5)10-22)9-12(15(23)24)11-6-7-13(19)14(20)8-11/h6-8,12,22H,9-10H2,1-5H3,(H,23,24). The Bertz CT molecular complexity index is 672. The van der Waals surface area contributed by atoms with Gasteiger partial charge in [-0.3, -0.25) is 9.69 Å². The lowest BCUT2D eigenvalue weighted by Crippen LogP contribution is -2.53. The van der Waals surface area contributed by atoms with Gasteiger partial charge in [0.05, 0.1) is 23.1 Å². The largest absolute Gasteiger partial charge is 0.481 e. The molecule has 0 radical (unpaired) electrons. The lowest BCUT2D eigenvalue weighted by Gasteiger charge is -2.39. The average molecular weight is 390 g/mol. The van der Waals surface area contributed by atoms with E-state index in [-0.39, 0.29) is 17.1 Å². The van der Waals surface area contributed by atoms with Crippen molar-refractivity contribution in [2.24, 2.45) is 0 Å². The summed E-state index contributed by atoms with van der Waals surface area (Å²) in [5.41, 5.74) is -1.73. The molecule has 0 aliphatic carbocycles. The van der Waals surface area contributed by atoms with Gasteiger partial charge in [0.25, 0.3) is 0 Å². The number of amides is 1. The second-order valence-corrected chi connectivity index (χ2v) is 8.03. The minimum absolute atomic E-state index is 0.127. The Balaban J connectivity index is 3.25. The van der Waals surface area contributed by atoms with Crippen molar-refractivity contribution in [2.45, 2.75) is 51.7 Å². The molecule has 8 heteroatoms. The van der Waals surface area contributed by atoms with Crippen molar-refractivity contribution >= 4 is 23.7 Å². The van der Waals surface area contributed by atoms with E-state index in [1.54, 1.807) is 34.6 Å². The summed E-state index contributed by atoms with van der Waals surface area (Å²) >= 11 is 5.65. The smallest absolute Gasteiger partial charge is 0.410 e.